The first-order valence-electron chi connectivity index (χ1n) is 10.1. The molecule has 162 valence electrons. The summed E-state index contributed by atoms with van der Waals surface area (Å²) < 4.78 is 11.6. The summed E-state index contributed by atoms with van der Waals surface area (Å²) in [4.78, 5) is 34.2. The van der Waals surface area contributed by atoms with Crippen molar-refractivity contribution in [1.82, 2.24) is 9.97 Å². The third-order valence-corrected chi connectivity index (χ3v) is 5.24. The number of ether oxygens (including phenoxy) is 2. The van der Waals surface area contributed by atoms with Gasteiger partial charge in [-0.2, -0.15) is 0 Å². The van der Waals surface area contributed by atoms with Crippen molar-refractivity contribution in [3.63, 3.8) is 0 Å². The van der Waals surface area contributed by atoms with Crippen molar-refractivity contribution in [1.29, 1.82) is 0 Å². The van der Waals surface area contributed by atoms with Crippen LogP contribution in [0.15, 0.2) is 30.7 Å². The van der Waals surface area contributed by atoms with Gasteiger partial charge in [-0.25, -0.2) is 9.97 Å². The number of nitrogens with one attached hydrogen (secondary N) is 1. The fourth-order valence-corrected chi connectivity index (χ4v) is 3.78. The zero-order chi connectivity index (χ0) is 22.0. The van der Waals surface area contributed by atoms with Gasteiger partial charge >= 0.3 is 0 Å². The number of nitrogens with zero attached hydrogens (tertiary/aromatic N) is 3. The van der Waals surface area contributed by atoms with Gasteiger partial charge < -0.3 is 25.4 Å². The average Bonchev–Trinajstić information content (AvgIpc) is 3.07. The second kappa shape index (κ2) is 8.35. The molecular weight excluding hydrogens is 398 g/mol. The summed E-state index contributed by atoms with van der Waals surface area (Å²) in [6, 6.07) is 3.93. The third-order valence-electron chi connectivity index (χ3n) is 5.24. The van der Waals surface area contributed by atoms with Gasteiger partial charge in [-0.1, -0.05) is 0 Å². The van der Waals surface area contributed by atoms with Gasteiger partial charge in [-0.3, -0.25) is 9.59 Å². The van der Waals surface area contributed by atoms with Crippen LogP contribution in [-0.4, -0.2) is 54.1 Å². The lowest BCUT2D eigenvalue weighted by molar-refractivity contribution is -0.111. The largest absolute Gasteiger partial charge is 0.487 e. The summed E-state index contributed by atoms with van der Waals surface area (Å²) in [5.41, 5.74) is 8.40. The fraction of sp³-hybridized carbons (Fsp3) is 0.364. The molecule has 9 heteroatoms. The zero-order valence-electron chi connectivity index (χ0n) is 17.6. The second-order valence-electron chi connectivity index (χ2n) is 8.11. The molecule has 0 unspecified atom stereocenters. The van der Waals surface area contributed by atoms with Crippen LogP contribution >= 0.6 is 0 Å². The van der Waals surface area contributed by atoms with E-state index in [1.165, 1.54) is 18.6 Å². The molecule has 1 fully saturated rings. The standard InChI is InChI=1S/C22H25N5O4/c1-22(2)9-15-7-17(18(8-19(15)31-22)27-3-5-30-6-4-27)26-21(29)16(10-23)20-24-11-14(13-28)12-25-20/h7-8,10-13H,3-6,9,23H2,1-2H3,(H,26,29)/b16-10+. The van der Waals surface area contributed by atoms with Gasteiger partial charge in [0.05, 0.1) is 35.7 Å². The number of aldehydes is 1. The highest BCUT2D eigenvalue weighted by Crippen LogP contribution is 2.42. The first-order chi connectivity index (χ1) is 14.9. The van der Waals surface area contributed by atoms with E-state index in [1.807, 2.05) is 26.0 Å². The number of morpholine rings is 1. The number of hydrogen-bond donors (Lipinski definition) is 2. The summed E-state index contributed by atoms with van der Waals surface area (Å²) >= 11 is 0. The minimum Gasteiger partial charge on any atom is -0.487 e. The Morgan fingerprint density at radius 2 is 1.94 bits per heavy atom. The van der Waals surface area contributed by atoms with E-state index in [9.17, 15) is 9.59 Å². The van der Waals surface area contributed by atoms with Crippen molar-refractivity contribution in [2.75, 3.05) is 36.5 Å². The number of aromatic nitrogens is 2. The second-order valence-corrected chi connectivity index (χ2v) is 8.11. The van der Waals surface area contributed by atoms with E-state index < -0.39 is 5.91 Å². The Morgan fingerprint density at radius 1 is 1.23 bits per heavy atom. The normalized spacial score (nSPS) is 17.6. The molecule has 0 saturated carbocycles. The first kappa shape index (κ1) is 20.8. The molecule has 0 bridgehead atoms. The molecule has 1 amide bonds. The monoisotopic (exact) mass is 423 g/mol. The molecule has 9 nitrogen and oxygen atoms in total. The highest BCUT2D eigenvalue weighted by Gasteiger charge is 2.32. The van der Waals surface area contributed by atoms with Gasteiger partial charge in [0.1, 0.15) is 11.4 Å². The zero-order valence-corrected chi connectivity index (χ0v) is 17.6. The van der Waals surface area contributed by atoms with Crippen LogP contribution in [0.2, 0.25) is 0 Å². The lowest BCUT2D eigenvalue weighted by atomic mass is 10.0. The van der Waals surface area contributed by atoms with Crippen LogP contribution in [0.5, 0.6) is 5.75 Å². The molecule has 2 aliphatic heterocycles. The summed E-state index contributed by atoms with van der Waals surface area (Å²) in [7, 11) is 0. The Hall–Kier alpha value is -3.46. The Kier molecular flexibility index (Phi) is 5.60. The fourth-order valence-electron chi connectivity index (χ4n) is 3.78. The number of amides is 1. The van der Waals surface area contributed by atoms with E-state index in [1.54, 1.807) is 0 Å². The van der Waals surface area contributed by atoms with Crippen LogP contribution < -0.4 is 20.7 Å². The van der Waals surface area contributed by atoms with Crippen molar-refractivity contribution in [2.45, 2.75) is 25.9 Å². The molecule has 31 heavy (non-hydrogen) atoms. The van der Waals surface area contributed by atoms with Crippen LogP contribution in [0, 0.1) is 0 Å². The van der Waals surface area contributed by atoms with Crippen molar-refractivity contribution < 1.29 is 19.1 Å². The maximum absolute atomic E-state index is 13.1. The number of carbonyl (C=O) groups is 2. The molecule has 4 rings (SSSR count). The summed E-state index contributed by atoms with van der Waals surface area (Å²) in [6.45, 7) is 6.72. The van der Waals surface area contributed by atoms with Gasteiger partial charge in [0, 0.05) is 49.7 Å². The highest BCUT2D eigenvalue weighted by molar-refractivity contribution is 6.24. The number of fused-ring (bicyclic) bond motifs is 1. The third kappa shape index (κ3) is 4.36. The summed E-state index contributed by atoms with van der Waals surface area (Å²) in [6.07, 6.45) is 5.24. The molecule has 1 saturated heterocycles. The maximum Gasteiger partial charge on any atom is 0.261 e. The van der Waals surface area contributed by atoms with Crippen molar-refractivity contribution in [2.24, 2.45) is 5.73 Å². The van der Waals surface area contributed by atoms with Gasteiger partial charge in [-0.15, -0.1) is 0 Å². The van der Waals surface area contributed by atoms with E-state index in [0.717, 1.165) is 23.4 Å². The van der Waals surface area contributed by atoms with E-state index in [2.05, 4.69) is 20.2 Å². The van der Waals surface area contributed by atoms with Gasteiger partial charge in [-0.05, 0) is 19.9 Å². The molecule has 2 aliphatic rings. The van der Waals surface area contributed by atoms with E-state index in [4.69, 9.17) is 15.2 Å². The number of anilines is 2. The Bertz CT molecular complexity index is 1030. The number of carbonyl (C=O) groups excluding carboxylic acids is 2. The van der Waals surface area contributed by atoms with Crippen LogP contribution in [0.1, 0.15) is 35.6 Å². The van der Waals surface area contributed by atoms with E-state index >= 15 is 0 Å². The molecule has 2 aromatic rings. The lowest BCUT2D eigenvalue weighted by Gasteiger charge is -2.31. The quantitative estimate of drug-likeness (QED) is 0.552. The molecular formula is C22H25N5O4. The van der Waals surface area contributed by atoms with Crippen LogP contribution in [-0.2, 0) is 16.0 Å². The number of benzene rings is 1. The van der Waals surface area contributed by atoms with Crippen LogP contribution in [0.25, 0.3) is 5.57 Å². The molecule has 1 aromatic heterocycles. The topological polar surface area (TPSA) is 120 Å². The molecule has 3 heterocycles. The SMILES string of the molecule is CC1(C)Cc2cc(NC(=O)/C(=C/N)c3ncc(C=O)cn3)c(N3CCOCC3)cc2O1. The van der Waals surface area contributed by atoms with Gasteiger partial charge in [0.25, 0.3) is 5.91 Å². The van der Waals surface area contributed by atoms with Crippen molar-refractivity contribution in [3.05, 3.63) is 47.7 Å². The van der Waals surface area contributed by atoms with Crippen molar-refractivity contribution >= 4 is 29.1 Å². The Balaban J connectivity index is 1.65. The Morgan fingerprint density at radius 3 is 2.58 bits per heavy atom. The first-order valence-corrected chi connectivity index (χ1v) is 10.1. The predicted molar refractivity (Wildman–Crippen MR) is 116 cm³/mol. The summed E-state index contributed by atoms with van der Waals surface area (Å²) in [5.74, 6) is 0.532. The molecule has 0 aliphatic carbocycles. The highest BCUT2D eigenvalue weighted by atomic mass is 16.5. The van der Waals surface area contributed by atoms with Crippen LogP contribution in [0.4, 0.5) is 11.4 Å². The predicted octanol–water partition coefficient (Wildman–Crippen LogP) is 1.78. The molecule has 0 radical (unpaired) electrons. The average molecular weight is 423 g/mol. The molecule has 0 spiro atoms. The lowest BCUT2D eigenvalue weighted by Crippen LogP contribution is -2.36. The van der Waals surface area contributed by atoms with Gasteiger partial charge in [0.15, 0.2) is 12.1 Å². The van der Waals surface area contributed by atoms with Crippen LogP contribution in [0.3, 0.4) is 0 Å². The number of hydrogen-bond acceptors (Lipinski definition) is 8. The van der Waals surface area contributed by atoms with Gasteiger partial charge in [0.2, 0.25) is 0 Å². The minimum absolute atomic E-state index is 0.113. The van der Waals surface area contributed by atoms with Crippen molar-refractivity contribution in [3.8, 4) is 5.75 Å². The number of rotatable bonds is 5. The number of nitrogens with two attached hydrogens (primary N) is 1. The molecule has 1 aromatic carbocycles. The maximum atomic E-state index is 13.1. The molecule has 0 atom stereocenters. The summed E-state index contributed by atoms with van der Waals surface area (Å²) in [5, 5.41) is 2.97. The van der Waals surface area contributed by atoms with E-state index in [0.29, 0.717) is 43.8 Å². The minimum atomic E-state index is -0.436. The van der Waals surface area contributed by atoms with E-state index in [-0.39, 0.29) is 17.0 Å². The Labute approximate surface area is 180 Å². The smallest absolute Gasteiger partial charge is 0.261 e. The molecule has 3 N–H and O–H groups in total.